The molecule has 0 radical (unpaired) electrons. The molecule has 5 aromatic rings. The molecule has 0 unspecified atom stereocenters. The molecule has 1 saturated carbocycles. The topological polar surface area (TPSA) is 184 Å². The third-order valence-corrected chi connectivity index (χ3v) is 13.1. The number of ether oxygens (including phenoxy) is 3. The maximum absolute atomic E-state index is 13.9. The van der Waals surface area contributed by atoms with E-state index in [1.807, 2.05) is 38.8 Å². The van der Waals surface area contributed by atoms with Gasteiger partial charge in [0.15, 0.2) is 0 Å². The Hall–Kier alpha value is -6.22. The number of benzene rings is 3. The number of imidazole rings is 2. The largest absolute Gasteiger partial charge is 0.453 e. The van der Waals surface area contributed by atoms with Crippen molar-refractivity contribution in [3.8, 4) is 33.6 Å². The molecule has 4 heterocycles. The normalized spacial score (nSPS) is 20.0. The van der Waals surface area contributed by atoms with Gasteiger partial charge in [-0.15, -0.1) is 0 Å². The van der Waals surface area contributed by atoms with Gasteiger partial charge in [-0.3, -0.25) is 9.59 Å². The molecular formula is C48H58N8O7. The molecule has 8 rings (SSSR count). The van der Waals surface area contributed by atoms with E-state index in [0.29, 0.717) is 31.9 Å². The van der Waals surface area contributed by atoms with Crippen molar-refractivity contribution in [3.63, 3.8) is 0 Å². The number of amides is 4. The molecule has 3 aromatic carbocycles. The van der Waals surface area contributed by atoms with Crippen molar-refractivity contribution in [2.45, 2.75) is 77.5 Å². The molecule has 5 atom stereocenters. The molecule has 2 saturated heterocycles. The first-order chi connectivity index (χ1) is 30.3. The van der Waals surface area contributed by atoms with Crippen molar-refractivity contribution in [2.24, 2.45) is 23.2 Å². The van der Waals surface area contributed by atoms with Gasteiger partial charge in [0.25, 0.3) is 0 Å². The van der Waals surface area contributed by atoms with Crippen LogP contribution in [0.4, 0.5) is 9.59 Å². The second-order valence-corrected chi connectivity index (χ2v) is 18.2. The van der Waals surface area contributed by atoms with Crippen LogP contribution in [0, 0.1) is 23.2 Å². The van der Waals surface area contributed by atoms with E-state index >= 15 is 0 Å². The summed E-state index contributed by atoms with van der Waals surface area (Å²) >= 11 is 0. The van der Waals surface area contributed by atoms with Gasteiger partial charge in [-0.2, -0.15) is 0 Å². The van der Waals surface area contributed by atoms with E-state index in [1.54, 1.807) is 18.2 Å². The van der Waals surface area contributed by atoms with E-state index in [-0.39, 0.29) is 47.1 Å². The quantitative estimate of drug-likeness (QED) is 0.0925. The highest BCUT2D eigenvalue weighted by Gasteiger charge is 2.55. The molecule has 63 heavy (non-hydrogen) atoms. The Bertz CT molecular complexity index is 2470. The Morgan fingerprint density at radius 2 is 1.21 bits per heavy atom. The third-order valence-electron chi connectivity index (χ3n) is 13.1. The van der Waals surface area contributed by atoms with E-state index < -0.39 is 24.3 Å². The summed E-state index contributed by atoms with van der Waals surface area (Å²) in [5.74, 6) is 1.02. The van der Waals surface area contributed by atoms with Gasteiger partial charge in [-0.25, -0.2) is 19.6 Å². The average molecular weight is 859 g/mol. The second kappa shape index (κ2) is 17.9. The highest BCUT2D eigenvalue weighted by atomic mass is 16.5. The standard InChI is InChI=1S/C48H58N8O7/c1-27(2)40(53-46(59)62-6)44(57)55-24-29(25-61-5)18-38(55)42-49-22-36(51-42)31-10-8-30(9-11-31)32-12-13-34-20-35(15-14-33(34)19-32)37-23-50-43(52-37)39-21-48(16-17-48)26-56(39)45(58)41(28(3)4)54-47(60)63-7/h8-15,19-20,22-23,27-29,38-41H,16-18,21,24-26H2,1-7H3,(H,49,51)(H,50,52)(H,53,59)(H,54,60)/t29-,38+,39+,40+,41+/m1/s1. The number of hydrogen-bond acceptors (Lipinski definition) is 9. The summed E-state index contributed by atoms with van der Waals surface area (Å²) in [6.07, 6.45) is 6.08. The molecule has 15 nitrogen and oxygen atoms in total. The molecule has 1 spiro atoms. The summed E-state index contributed by atoms with van der Waals surface area (Å²) in [6, 6.07) is 19.2. The van der Waals surface area contributed by atoms with Crippen LogP contribution >= 0.6 is 0 Å². The number of carbonyl (C=O) groups is 4. The van der Waals surface area contributed by atoms with Crippen molar-refractivity contribution in [1.29, 1.82) is 0 Å². The van der Waals surface area contributed by atoms with Gasteiger partial charge in [0.1, 0.15) is 23.7 Å². The maximum Gasteiger partial charge on any atom is 0.407 e. The van der Waals surface area contributed by atoms with Crippen molar-refractivity contribution in [2.75, 3.05) is 41.0 Å². The number of hydrogen-bond donors (Lipinski definition) is 4. The number of nitrogens with one attached hydrogen (secondary N) is 4. The monoisotopic (exact) mass is 858 g/mol. The van der Waals surface area contributed by atoms with Gasteiger partial charge in [-0.1, -0.05) is 76.2 Å². The number of carbonyl (C=O) groups excluding carboxylic acids is 4. The van der Waals surface area contributed by atoms with Crippen LogP contribution in [0.1, 0.15) is 77.1 Å². The van der Waals surface area contributed by atoms with Crippen molar-refractivity contribution >= 4 is 34.8 Å². The summed E-state index contributed by atoms with van der Waals surface area (Å²) in [7, 11) is 4.25. The van der Waals surface area contributed by atoms with Crippen LogP contribution in [-0.2, 0) is 23.8 Å². The van der Waals surface area contributed by atoms with Gasteiger partial charge in [0.2, 0.25) is 11.8 Å². The molecule has 0 bridgehead atoms. The van der Waals surface area contributed by atoms with Crippen molar-refractivity contribution < 1.29 is 33.4 Å². The zero-order chi connectivity index (χ0) is 44.6. The number of rotatable bonds is 13. The highest BCUT2D eigenvalue weighted by molar-refractivity contribution is 5.91. The van der Waals surface area contributed by atoms with Gasteiger partial charge < -0.3 is 44.6 Å². The molecule has 332 valence electrons. The van der Waals surface area contributed by atoms with Crippen LogP contribution in [0.3, 0.4) is 0 Å². The van der Waals surface area contributed by atoms with Crippen molar-refractivity contribution in [1.82, 2.24) is 40.4 Å². The minimum atomic E-state index is -0.739. The number of fused-ring (bicyclic) bond motifs is 1. The van der Waals surface area contributed by atoms with E-state index in [9.17, 15) is 19.2 Å². The highest BCUT2D eigenvalue weighted by Crippen LogP contribution is 2.58. The number of likely N-dealkylation sites (tertiary alicyclic amines) is 2. The molecule has 2 aromatic heterocycles. The fourth-order valence-electron chi connectivity index (χ4n) is 9.35. The summed E-state index contributed by atoms with van der Waals surface area (Å²) in [5, 5.41) is 7.66. The number of alkyl carbamates (subject to hydrolysis) is 2. The zero-order valence-electron chi connectivity index (χ0n) is 37.1. The predicted octanol–water partition coefficient (Wildman–Crippen LogP) is 7.64. The van der Waals surface area contributed by atoms with E-state index in [0.717, 1.165) is 69.5 Å². The Kier molecular flexibility index (Phi) is 12.3. The Balaban J connectivity index is 0.963. The van der Waals surface area contributed by atoms with E-state index in [2.05, 4.69) is 81.3 Å². The average Bonchev–Trinajstić information content (AvgIpc) is 3.78. The van der Waals surface area contributed by atoms with E-state index in [1.165, 1.54) is 14.2 Å². The smallest absolute Gasteiger partial charge is 0.407 e. The number of aromatic nitrogens is 4. The van der Waals surface area contributed by atoms with Gasteiger partial charge in [0.05, 0.1) is 56.7 Å². The second-order valence-electron chi connectivity index (χ2n) is 18.2. The first-order valence-electron chi connectivity index (χ1n) is 21.8. The number of aromatic amines is 2. The first kappa shape index (κ1) is 43.4. The summed E-state index contributed by atoms with van der Waals surface area (Å²) in [4.78, 5) is 72.3. The Labute approximate surface area is 367 Å². The Morgan fingerprint density at radius 1 is 0.698 bits per heavy atom. The minimum absolute atomic E-state index is 0.109. The molecule has 4 N–H and O–H groups in total. The van der Waals surface area contributed by atoms with Crippen LogP contribution in [-0.4, -0.2) is 107 Å². The van der Waals surface area contributed by atoms with Crippen molar-refractivity contribution in [3.05, 3.63) is 84.7 Å². The fraction of sp³-hybridized carbons (Fsp3) is 0.458. The molecule has 2 aliphatic heterocycles. The summed E-state index contributed by atoms with van der Waals surface area (Å²) in [6.45, 7) is 9.30. The molecule has 1 aliphatic carbocycles. The first-order valence-corrected chi connectivity index (χ1v) is 21.8. The van der Waals surface area contributed by atoms with Crippen LogP contribution in [0.2, 0.25) is 0 Å². The van der Waals surface area contributed by atoms with Gasteiger partial charge in [-0.05, 0) is 82.5 Å². The maximum atomic E-state index is 13.9. The van der Waals surface area contributed by atoms with Crippen LogP contribution in [0.15, 0.2) is 73.1 Å². The third kappa shape index (κ3) is 9.01. The lowest BCUT2D eigenvalue weighted by molar-refractivity contribution is -0.136. The van der Waals surface area contributed by atoms with Gasteiger partial charge >= 0.3 is 12.2 Å². The summed E-state index contributed by atoms with van der Waals surface area (Å²) in [5.41, 5.74) is 5.96. The lowest BCUT2D eigenvalue weighted by Gasteiger charge is -2.30. The molecular weight excluding hydrogens is 801 g/mol. The fourth-order valence-corrected chi connectivity index (χ4v) is 9.35. The number of methoxy groups -OCH3 is 3. The molecule has 3 fully saturated rings. The van der Waals surface area contributed by atoms with Crippen LogP contribution in [0.5, 0.6) is 0 Å². The van der Waals surface area contributed by atoms with Gasteiger partial charge in [0, 0.05) is 31.7 Å². The lowest BCUT2D eigenvalue weighted by atomic mass is 9.98. The van der Waals surface area contributed by atoms with Crippen LogP contribution < -0.4 is 10.6 Å². The number of nitrogens with zero attached hydrogens (tertiary/aromatic N) is 4. The van der Waals surface area contributed by atoms with E-state index in [4.69, 9.17) is 24.2 Å². The lowest BCUT2D eigenvalue weighted by Crippen LogP contribution is -2.51. The molecule has 4 amide bonds. The number of H-pyrrole nitrogens is 2. The molecule has 15 heteroatoms. The van der Waals surface area contributed by atoms with Crippen LogP contribution in [0.25, 0.3) is 44.4 Å². The minimum Gasteiger partial charge on any atom is -0.453 e. The predicted molar refractivity (Wildman–Crippen MR) is 238 cm³/mol. The Morgan fingerprint density at radius 3 is 1.76 bits per heavy atom. The SMILES string of the molecule is COC[C@@H]1C[C@@H](c2ncc(-c3ccc(-c4ccc5cc(-c6cnc([C@@H]7CC8(CC8)CN7C(=O)[C@@H](NC(=O)OC)C(C)C)[nH]6)ccc5c4)cc3)[nH]2)N(C(=O)[C@@H](NC(=O)OC)C(C)C)C1. The summed E-state index contributed by atoms with van der Waals surface area (Å²) < 4.78 is 15.1. The molecule has 3 aliphatic rings. The zero-order valence-corrected chi connectivity index (χ0v) is 37.1.